The lowest BCUT2D eigenvalue weighted by Crippen LogP contribution is -2.45. The van der Waals surface area contributed by atoms with Gasteiger partial charge in [-0.05, 0) is 19.1 Å². The van der Waals surface area contributed by atoms with E-state index in [4.69, 9.17) is 4.74 Å². The van der Waals surface area contributed by atoms with Crippen LogP contribution in [0.25, 0.3) is 0 Å². The zero-order valence-electron chi connectivity index (χ0n) is 10.8. The number of halogens is 1. The quantitative estimate of drug-likeness (QED) is 0.567. The first-order valence-electron chi connectivity index (χ1n) is 5.74. The summed E-state index contributed by atoms with van der Waals surface area (Å²) in [7, 11) is 1.52. The molecule has 0 aromatic carbocycles. The summed E-state index contributed by atoms with van der Waals surface area (Å²) in [4.78, 5) is 26.7. The molecule has 0 bridgehead atoms. The molecule has 0 saturated heterocycles. The van der Waals surface area contributed by atoms with Crippen LogP contribution >= 0.6 is 0 Å². The van der Waals surface area contributed by atoms with E-state index in [1.807, 2.05) is 0 Å². The minimum atomic E-state index is -0.869. The van der Waals surface area contributed by atoms with E-state index in [1.54, 1.807) is 0 Å². The number of pyridine rings is 1. The summed E-state index contributed by atoms with van der Waals surface area (Å²) in [6.45, 7) is 2.23. The smallest absolute Gasteiger partial charge is 0.256 e. The highest BCUT2D eigenvalue weighted by Crippen LogP contribution is 2.03. The van der Waals surface area contributed by atoms with Gasteiger partial charge >= 0.3 is 0 Å². The maximum atomic E-state index is 13.3. The van der Waals surface area contributed by atoms with E-state index in [9.17, 15) is 14.0 Å². The third kappa shape index (κ3) is 4.63. The second-order valence-electron chi connectivity index (χ2n) is 3.82. The number of nitrogens with one attached hydrogen (secondary N) is 2. The van der Waals surface area contributed by atoms with Crippen LogP contribution in [0.15, 0.2) is 18.3 Å². The van der Waals surface area contributed by atoms with Crippen LogP contribution in [0.5, 0.6) is 0 Å². The van der Waals surface area contributed by atoms with Gasteiger partial charge in [0, 0.05) is 19.9 Å². The van der Waals surface area contributed by atoms with Gasteiger partial charge in [-0.1, -0.05) is 0 Å². The molecule has 1 aromatic heterocycles. The van der Waals surface area contributed by atoms with E-state index < -0.39 is 17.9 Å². The van der Waals surface area contributed by atoms with Crippen LogP contribution in [-0.2, 0) is 9.53 Å². The Balaban J connectivity index is 2.52. The van der Waals surface area contributed by atoms with Crippen molar-refractivity contribution in [1.82, 2.24) is 15.6 Å². The molecule has 1 atom stereocenters. The molecule has 1 aromatic rings. The van der Waals surface area contributed by atoms with Crippen LogP contribution in [0.4, 0.5) is 4.39 Å². The second kappa shape index (κ2) is 7.42. The fourth-order valence-electron chi connectivity index (χ4n) is 1.32. The van der Waals surface area contributed by atoms with Gasteiger partial charge in [0.1, 0.15) is 6.04 Å². The largest absolute Gasteiger partial charge is 0.383 e. The van der Waals surface area contributed by atoms with Crippen LogP contribution in [-0.4, -0.2) is 43.1 Å². The van der Waals surface area contributed by atoms with Crippen LogP contribution in [0, 0.1) is 5.95 Å². The number of hydrogen-bond donors (Lipinski definition) is 2. The molecule has 2 N–H and O–H groups in total. The monoisotopic (exact) mass is 269 g/mol. The molecule has 0 saturated carbocycles. The maximum absolute atomic E-state index is 13.3. The summed E-state index contributed by atoms with van der Waals surface area (Å²) >= 11 is 0. The zero-order chi connectivity index (χ0) is 14.3. The molecule has 7 heteroatoms. The fraction of sp³-hybridized carbons (Fsp3) is 0.417. The highest BCUT2D eigenvalue weighted by atomic mass is 19.1. The zero-order valence-corrected chi connectivity index (χ0v) is 10.8. The molecule has 2 amide bonds. The topological polar surface area (TPSA) is 80.3 Å². The molecule has 1 unspecified atom stereocenters. The number of nitrogens with zero attached hydrogens (tertiary/aromatic N) is 1. The minimum absolute atomic E-state index is 0.195. The summed E-state index contributed by atoms with van der Waals surface area (Å²) in [6.07, 6.45) is 1.24. The Morgan fingerprint density at radius 3 is 2.89 bits per heavy atom. The summed E-state index contributed by atoms with van der Waals surface area (Å²) in [6, 6.07) is 1.97. The van der Waals surface area contributed by atoms with Crippen molar-refractivity contribution < 1.29 is 18.7 Å². The van der Waals surface area contributed by atoms with Crippen molar-refractivity contribution >= 4 is 11.8 Å². The van der Waals surface area contributed by atoms with Gasteiger partial charge in [-0.25, -0.2) is 4.98 Å². The van der Waals surface area contributed by atoms with Crippen molar-refractivity contribution in [2.45, 2.75) is 13.0 Å². The minimum Gasteiger partial charge on any atom is -0.383 e. The van der Waals surface area contributed by atoms with Crippen molar-refractivity contribution in [3.63, 3.8) is 0 Å². The van der Waals surface area contributed by atoms with Crippen molar-refractivity contribution in [1.29, 1.82) is 0 Å². The van der Waals surface area contributed by atoms with Crippen LogP contribution in [0.1, 0.15) is 17.3 Å². The molecule has 0 radical (unpaired) electrons. The Morgan fingerprint density at radius 1 is 1.53 bits per heavy atom. The number of ether oxygens (including phenoxy) is 1. The Morgan fingerprint density at radius 2 is 2.26 bits per heavy atom. The highest BCUT2D eigenvalue weighted by Gasteiger charge is 2.18. The molecule has 19 heavy (non-hydrogen) atoms. The summed E-state index contributed by atoms with van der Waals surface area (Å²) in [5.74, 6) is -1.92. The van der Waals surface area contributed by atoms with Crippen molar-refractivity contribution in [3.05, 3.63) is 29.8 Å². The van der Waals surface area contributed by atoms with E-state index in [2.05, 4.69) is 15.6 Å². The number of carbonyl (C=O) groups excluding carboxylic acids is 2. The van der Waals surface area contributed by atoms with Crippen molar-refractivity contribution in [2.24, 2.45) is 0 Å². The summed E-state index contributed by atoms with van der Waals surface area (Å²) in [5.41, 5.74) is -0.195. The molecule has 0 fully saturated rings. The number of aromatic nitrogens is 1. The number of amides is 2. The molecule has 0 aliphatic carbocycles. The predicted octanol–water partition coefficient (Wildman–Crippen LogP) is 0.102. The lowest BCUT2D eigenvalue weighted by atomic mass is 10.2. The molecular formula is C12H16FN3O3. The van der Waals surface area contributed by atoms with Crippen molar-refractivity contribution in [2.75, 3.05) is 20.3 Å². The normalized spacial score (nSPS) is 11.7. The van der Waals surface area contributed by atoms with Crippen LogP contribution < -0.4 is 10.6 Å². The third-order valence-electron chi connectivity index (χ3n) is 2.35. The fourth-order valence-corrected chi connectivity index (χ4v) is 1.32. The number of methoxy groups -OCH3 is 1. The molecular weight excluding hydrogens is 253 g/mol. The molecule has 1 heterocycles. The lowest BCUT2D eigenvalue weighted by molar-refractivity contribution is -0.122. The Hall–Kier alpha value is -2.02. The maximum Gasteiger partial charge on any atom is 0.256 e. The predicted molar refractivity (Wildman–Crippen MR) is 66.0 cm³/mol. The SMILES string of the molecule is COCCNC(=O)C(C)NC(=O)c1cccnc1F. The summed E-state index contributed by atoms with van der Waals surface area (Å²) in [5, 5.41) is 4.96. The van der Waals surface area contributed by atoms with Gasteiger partial charge < -0.3 is 15.4 Å². The van der Waals surface area contributed by atoms with Gasteiger partial charge in [-0.2, -0.15) is 4.39 Å². The third-order valence-corrected chi connectivity index (χ3v) is 2.35. The Bertz CT molecular complexity index is 454. The first-order chi connectivity index (χ1) is 9.06. The second-order valence-corrected chi connectivity index (χ2v) is 3.82. The first-order valence-corrected chi connectivity index (χ1v) is 5.74. The molecule has 0 spiro atoms. The van der Waals surface area contributed by atoms with Gasteiger partial charge in [0.15, 0.2) is 0 Å². The van der Waals surface area contributed by atoms with E-state index in [0.29, 0.717) is 13.2 Å². The highest BCUT2D eigenvalue weighted by molar-refractivity contribution is 5.97. The average Bonchev–Trinajstić information content (AvgIpc) is 2.39. The van der Waals surface area contributed by atoms with Gasteiger partial charge in [0.05, 0.1) is 12.2 Å². The summed E-state index contributed by atoms with van der Waals surface area (Å²) < 4.78 is 18.0. The van der Waals surface area contributed by atoms with E-state index in [0.717, 1.165) is 0 Å². The molecule has 1 rings (SSSR count). The first kappa shape index (κ1) is 15.0. The van der Waals surface area contributed by atoms with Gasteiger partial charge in [-0.3, -0.25) is 9.59 Å². The number of rotatable bonds is 6. The van der Waals surface area contributed by atoms with Gasteiger partial charge in [0.2, 0.25) is 11.9 Å². The van der Waals surface area contributed by atoms with Crippen LogP contribution in [0.3, 0.4) is 0 Å². The molecule has 104 valence electrons. The molecule has 6 nitrogen and oxygen atoms in total. The van der Waals surface area contributed by atoms with Gasteiger partial charge in [-0.15, -0.1) is 0 Å². The van der Waals surface area contributed by atoms with E-state index in [1.165, 1.54) is 32.4 Å². The Labute approximate surface area is 110 Å². The average molecular weight is 269 g/mol. The van der Waals surface area contributed by atoms with Crippen LogP contribution in [0.2, 0.25) is 0 Å². The number of hydrogen-bond acceptors (Lipinski definition) is 4. The standard InChI is InChI=1S/C12H16FN3O3/c1-8(11(17)15-6-7-19-2)16-12(18)9-4-3-5-14-10(9)13/h3-5,8H,6-7H2,1-2H3,(H,15,17)(H,16,18). The Kier molecular flexibility index (Phi) is 5.87. The lowest BCUT2D eigenvalue weighted by Gasteiger charge is -2.14. The number of carbonyl (C=O) groups is 2. The van der Waals surface area contributed by atoms with E-state index >= 15 is 0 Å². The molecule has 0 aliphatic heterocycles. The van der Waals surface area contributed by atoms with E-state index in [-0.39, 0.29) is 11.5 Å². The molecule has 0 aliphatic rings. The van der Waals surface area contributed by atoms with Gasteiger partial charge in [0.25, 0.3) is 5.91 Å². The van der Waals surface area contributed by atoms with Crippen molar-refractivity contribution in [3.8, 4) is 0 Å².